The standard InChI is InChI=1S/C10H17NO/c1-4-8(2)7-9(3)10(12)5-6-11/h7-8,10,12H,4-5H2,1-3H3. The Hall–Kier alpha value is -0.810. The van der Waals surface area contributed by atoms with Crippen molar-refractivity contribution < 1.29 is 5.11 Å². The van der Waals surface area contributed by atoms with Crippen molar-refractivity contribution in [2.24, 2.45) is 5.92 Å². The molecule has 1 N–H and O–H groups in total. The molecule has 0 saturated heterocycles. The van der Waals surface area contributed by atoms with Crippen molar-refractivity contribution in [1.82, 2.24) is 0 Å². The summed E-state index contributed by atoms with van der Waals surface area (Å²) >= 11 is 0. The van der Waals surface area contributed by atoms with Gasteiger partial charge in [0.15, 0.2) is 0 Å². The summed E-state index contributed by atoms with van der Waals surface area (Å²) in [4.78, 5) is 0. The molecule has 0 aromatic carbocycles. The fourth-order valence-electron chi connectivity index (χ4n) is 0.925. The lowest BCUT2D eigenvalue weighted by Gasteiger charge is -2.09. The number of hydrogen-bond acceptors (Lipinski definition) is 2. The molecular weight excluding hydrogens is 150 g/mol. The summed E-state index contributed by atoms with van der Waals surface area (Å²) in [6, 6.07) is 1.95. The van der Waals surface area contributed by atoms with E-state index in [1.165, 1.54) is 0 Å². The van der Waals surface area contributed by atoms with Gasteiger partial charge in [-0.15, -0.1) is 0 Å². The molecule has 0 saturated carbocycles. The van der Waals surface area contributed by atoms with E-state index in [9.17, 15) is 5.11 Å². The molecule has 2 heteroatoms. The molecule has 2 nitrogen and oxygen atoms in total. The van der Waals surface area contributed by atoms with Crippen molar-refractivity contribution in [3.05, 3.63) is 11.6 Å². The summed E-state index contributed by atoms with van der Waals surface area (Å²) in [6.45, 7) is 6.07. The van der Waals surface area contributed by atoms with Gasteiger partial charge in [-0.05, 0) is 18.4 Å². The second-order valence-corrected chi connectivity index (χ2v) is 3.17. The maximum Gasteiger partial charge on any atom is 0.0877 e. The zero-order chi connectivity index (χ0) is 9.56. The number of allylic oxidation sites excluding steroid dienone is 1. The molecule has 0 aromatic heterocycles. The average molecular weight is 167 g/mol. The van der Waals surface area contributed by atoms with Gasteiger partial charge in [0, 0.05) is 0 Å². The van der Waals surface area contributed by atoms with Crippen molar-refractivity contribution in [3.8, 4) is 6.07 Å². The highest BCUT2D eigenvalue weighted by molar-refractivity contribution is 5.08. The fourth-order valence-corrected chi connectivity index (χ4v) is 0.925. The van der Waals surface area contributed by atoms with Gasteiger partial charge in [-0.25, -0.2) is 0 Å². The third-order valence-electron chi connectivity index (χ3n) is 2.00. The molecule has 0 heterocycles. The van der Waals surface area contributed by atoms with Gasteiger partial charge >= 0.3 is 0 Å². The summed E-state index contributed by atoms with van der Waals surface area (Å²) in [5.41, 5.74) is 0.908. The second kappa shape index (κ2) is 5.79. The van der Waals surface area contributed by atoms with Gasteiger partial charge in [-0.2, -0.15) is 5.26 Å². The van der Waals surface area contributed by atoms with Crippen LogP contribution in [-0.4, -0.2) is 11.2 Å². The molecule has 2 unspecified atom stereocenters. The van der Waals surface area contributed by atoms with Crippen LogP contribution in [0.4, 0.5) is 0 Å². The summed E-state index contributed by atoms with van der Waals surface area (Å²) < 4.78 is 0. The van der Waals surface area contributed by atoms with Crippen molar-refractivity contribution in [3.63, 3.8) is 0 Å². The van der Waals surface area contributed by atoms with Crippen LogP contribution in [-0.2, 0) is 0 Å². The van der Waals surface area contributed by atoms with E-state index in [4.69, 9.17) is 5.26 Å². The highest BCUT2D eigenvalue weighted by atomic mass is 16.3. The predicted molar refractivity (Wildman–Crippen MR) is 49.4 cm³/mol. The Morgan fingerprint density at radius 2 is 2.25 bits per heavy atom. The van der Waals surface area contributed by atoms with E-state index in [0.29, 0.717) is 5.92 Å². The van der Waals surface area contributed by atoms with E-state index in [0.717, 1.165) is 12.0 Å². The number of hydrogen-bond donors (Lipinski definition) is 1. The van der Waals surface area contributed by atoms with E-state index in [1.807, 2.05) is 19.1 Å². The molecule has 0 spiro atoms. The predicted octanol–water partition coefficient (Wildman–Crippen LogP) is 2.25. The third kappa shape index (κ3) is 4.15. The summed E-state index contributed by atoms with van der Waals surface area (Å²) in [5.74, 6) is 0.485. The Morgan fingerprint density at radius 3 is 2.67 bits per heavy atom. The highest BCUT2D eigenvalue weighted by Crippen LogP contribution is 2.11. The Balaban J connectivity index is 4.08. The minimum atomic E-state index is -0.580. The smallest absolute Gasteiger partial charge is 0.0877 e. The summed E-state index contributed by atoms with van der Waals surface area (Å²) in [6.07, 6.45) is 2.71. The molecule has 0 rings (SSSR count). The first-order valence-corrected chi connectivity index (χ1v) is 4.35. The van der Waals surface area contributed by atoms with Crippen molar-refractivity contribution in [1.29, 1.82) is 5.26 Å². The monoisotopic (exact) mass is 167 g/mol. The van der Waals surface area contributed by atoms with Gasteiger partial charge < -0.3 is 5.11 Å². The highest BCUT2D eigenvalue weighted by Gasteiger charge is 2.05. The lowest BCUT2D eigenvalue weighted by molar-refractivity contribution is 0.215. The van der Waals surface area contributed by atoms with Gasteiger partial charge in [-0.1, -0.05) is 26.3 Å². The Morgan fingerprint density at radius 1 is 1.67 bits per heavy atom. The lowest BCUT2D eigenvalue weighted by Crippen LogP contribution is -2.07. The van der Waals surface area contributed by atoms with Crippen molar-refractivity contribution in [2.45, 2.75) is 39.7 Å². The largest absolute Gasteiger partial charge is 0.388 e. The topological polar surface area (TPSA) is 44.0 Å². The van der Waals surface area contributed by atoms with E-state index in [1.54, 1.807) is 0 Å². The van der Waals surface area contributed by atoms with Gasteiger partial charge in [-0.3, -0.25) is 0 Å². The van der Waals surface area contributed by atoms with Crippen LogP contribution >= 0.6 is 0 Å². The average Bonchev–Trinajstić information content (AvgIpc) is 2.04. The zero-order valence-electron chi connectivity index (χ0n) is 8.04. The molecule has 0 aliphatic rings. The fraction of sp³-hybridized carbons (Fsp3) is 0.700. The molecule has 68 valence electrons. The van der Waals surface area contributed by atoms with Crippen LogP contribution in [0.2, 0.25) is 0 Å². The number of rotatable bonds is 4. The number of nitriles is 1. The zero-order valence-corrected chi connectivity index (χ0v) is 8.04. The number of aliphatic hydroxyl groups is 1. The molecule has 0 bridgehead atoms. The van der Waals surface area contributed by atoms with Gasteiger partial charge in [0.1, 0.15) is 0 Å². The molecule has 12 heavy (non-hydrogen) atoms. The summed E-state index contributed by atoms with van der Waals surface area (Å²) in [7, 11) is 0. The molecule has 2 atom stereocenters. The first-order valence-electron chi connectivity index (χ1n) is 4.35. The minimum absolute atomic E-state index is 0.193. The molecule has 0 amide bonds. The van der Waals surface area contributed by atoms with Gasteiger partial charge in [0.2, 0.25) is 0 Å². The van der Waals surface area contributed by atoms with Crippen LogP contribution in [0, 0.1) is 17.2 Å². The van der Waals surface area contributed by atoms with Crippen molar-refractivity contribution >= 4 is 0 Å². The number of nitrogens with zero attached hydrogens (tertiary/aromatic N) is 1. The maximum absolute atomic E-state index is 9.37. The molecule has 0 aliphatic heterocycles. The minimum Gasteiger partial charge on any atom is -0.388 e. The van der Waals surface area contributed by atoms with E-state index in [2.05, 4.69) is 13.8 Å². The Labute approximate surface area is 74.5 Å². The molecular formula is C10H17NO. The molecule has 0 aliphatic carbocycles. The summed E-state index contributed by atoms with van der Waals surface area (Å²) in [5, 5.41) is 17.7. The normalized spacial score (nSPS) is 16.8. The molecule has 0 aromatic rings. The quantitative estimate of drug-likeness (QED) is 0.653. The van der Waals surface area contributed by atoms with Crippen molar-refractivity contribution in [2.75, 3.05) is 0 Å². The third-order valence-corrected chi connectivity index (χ3v) is 2.00. The number of aliphatic hydroxyl groups excluding tert-OH is 1. The van der Waals surface area contributed by atoms with Crippen LogP contribution < -0.4 is 0 Å². The second-order valence-electron chi connectivity index (χ2n) is 3.17. The van der Waals surface area contributed by atoms with Crippen LogP contribution in [0.25, 0.3) is 0 Å². The Kier molecular flexibility index (Phi) is 5.40. The molecule has 0 fully saturated rings. The van der Waals surface area contributed by atoms with E-state index in [-0.39, 0.29) is 6.42 Å². The van der Waals surface area contributed by atoms with Crippen LogP contribution in [0.1, 0.15) is 33.6 Å². The van der Waals surface area contributed by atoms with Crippen LogP contribution in [0.3, 0.4) is 0 Å². The maximum atomic E-state index is 9.37. The van der Waals surface area contributed by atoms with Gasteiger partial charge in [0.05, 0.1) is 18.6 Å². The SMILES string of the molecule is CCC(C)C=C(C)C(O)CC#N. The molecule has 0 radical (unpaired) electrons. The first-order chi connectivity index (χ1) is 5.61. The lowest BCUT2D eigenvalue weighted by atomic mass is 10.0. The van der Waals surface area contributed by atoms with Crippen LogP contribution in [0.15, 0.2) is 11.6 Å². The van der Waals surface area contributed by atoms with E-state index >= 15 is 0 Å². The van der Waals surface area contributed by atoms with E-state index < -0.39 is 6.10 Å². The Bertz CT molecular complexity index is 191. The first kappa shape index (κ1) is 11.2. The van der Waals surface area contributed by atoms with Crippen LogP contribution in [0.5, 0.6) is 0 Å². The van der Waals surface area contributed by atoms with Gasteiger partial charge in [0.25, 0.3) is 0 Å².